The molecule has 0 spiro atoms. The summed E-state index contributed by atoms with van der Waals surface area (Å²) in [5.41, 5.74) is 0. The molecule has 4 nitrogen and oxygen atoms in total. The zero-order valence-corrected chi connectivity index (χ0v) is 11.8. The lowest BCUT2D eigenvalue weighted by molar-refractivity contribution is 0.409. The topological polar surface area (TPSA) is 51.0 Å². The summed E-state index contributed by atoms with van der Waals surface area (Å²) >= 11 is 3.54. The van der Waals surface area contributed by atoms with E-state index in [9.17, 15) is 0 Å². The average molecular weight is 291 g/mol. The van der Waals surface area contributed by atoms with Crippen LogP contribution >= 0.6 is 22.7 Å². The van der Waals surface area contributed by atoms with Gasteiger partial charge in [0.2, 0.25) is 6.39 Å². The van der Waals surface area contributed by atoms with Crippen molar-refractivity contribution in [2.75, 3.05) is 6.54 Å². The summed E-state index contributed by atoms with van der Waals surface area (Å²) in [6.45, 7) is 0.819. The highest BCUT2D eigenvalue weighted by atomic mass is 32.1. The number of rotatable bonds is 6. The Hall–Kier alpha value is -1.50. The second-order valence-corrected chi connectivity index (χ2v) is 5.97. The van der Waals surface area contributed by atoms with Crippen molar-refractivity contribution in [3.8, 4) is 0 Å². The van der Waals surface area contributed by atoms with Gasteiger partial charge in [-0.15, -0.1) is 22.7 Å². The lowest BCUT2D eigenvalue weighted by Gasteiger charge is -2.15. The van der Waals surface area contributed by atoms with Gasteiger partial charge in [-0.3, -0.25) is 0 Å². The molecule has 0 amide bonds. The van der Waals surface area contributed by atoms with Gasteiger partial charge >= 0.3 is 0 Å². The molecular weight excluding hydrogens is 278 g/mol. The predicted octanol–water partition coefficient (Wildman–Crippen LogP) is 3.11. The van der Waals surface area contributed by atoms with E-state index in [-0.39, 0.29) is 6.04 Å². The Morgan fingerprint density at radius 2 is 1.89 bits per heavy atom. The van der Waals surface area contributed by atoms with E-state index >= 15 is 0 Å². The molecule has 0 saturated carbocycles. The van der Waals surface area contributed by atoms with Gasteiger partial charge in [0.05, 0.1) is 6.04 Å². The second kappa shape index (κ2) is 6.10. The fourth-order valence-corrected chi connectivity index (χ4v) is 3.59. The molecule has 0 unspecified atom stereocenters. The molecule has 3 heterocycles. The van der Waals surface area contributed by atoms with Crippen LogP contribution in [0.3, 0.4) is 0 Å². The van der Waals surface area contributed by atoms with Crippen molar-refractivity contribution >= 4 is 22.7 Å². The van der Waals surface area contributed by atoms with Crippen LogP contribution in [-0.2, 0) is 6.42 Å². The quantitative estimate of drug-likeness (QED) is 0.758. The number of hydrogen-bond acceptors (Lipinski definition) is 6. The van der Waals surface area contributed by atoms with Gasteiger partial charge in [-0.05, 0) is 22.9 Å². The average Bonchev–Trinajstić information content (AvgIpc) is 3.15. The van der Waals surface area contributed by atoms with Gasteiger partial charge in [-0.25, -0.2) is 0 Å². The molecule has 3 aromatic heterocycles. The summed E-state index contributed by atoms with van der Waals surface area (Å²) in [4.78, 5) is 6.68. The number of nitrogens with one attached hydrogen (secondary N) is 1. The fraction of sp³-hybridized carbons (Fsp3) is 0.231. The molecule has 98 valence electrons. The molecule has 3 rings (SSSR count). The Balaban J connectivity index is 1.67. The van der Waals surface area contributed by atoms with E-state index in [4.69, 9.17) is 4.52 Å². The minimum absolute atomic E-state index is 0.256. The maximum absolute atomic E-state index is 4.73. The molecule has 0 atom stereocenters. The third-order valence-electron chi connectivity index (χ3n) is 2.76. The Morgan fingerprint density at radius 1 is 1.16 bits per heavy atom. The van der Waals surface area contributed by atoms with Crippen molar-refractivity contribution in [1.29, 1.82) is 0 Å². The molecule has 1 N–H and O–H groups in total. The van der Waals surface area contributed by atoms with Crippen molar-refractivity contribution < 1.29 is 4.52 Å². The Kier molecular flexibility index (Phi) is 4.02. The second-order valence-electron chi connectivity index (χ2n) is 4.02. The van der Waals surface area contributed by atoms with Crippen LogP contribution in [-0.4, -0.2) is 16.7 Å². The standard InChI is InChI=1S/C13H13N3OS2/c1-3-10(18-7-1)13(11-4-2-8-19-11)14-6-5-12-15-9-17-16-12/h1-4,7-9,13-14H,5-6H2. The minimum atomic E-state index is 0.256. The highest BCUT2D eigenvalue weighted by molar-refractivity contribution is 7.11. The lowest BCUT2D eigenvalue weighted by Crippen LogP contribution is -2.23. The van der Waals surface area contributed by atoms with Crippen LogP contribution in [0.25, 0.3) is 0 Å². The van der Waals surface area contributed by atoms with Crippen LogP contribution in [0, 0.1) is 0 Å². The normalized spacial score (nSPS) is 11.2. The monoisotopic (exact) mass is 291 g/mol. The van der Waals surface area contributed by atoms with Gasteiger partial charge < -0.3 is 9.84 Å². The van der Waals surface area contributed by atoms with Crippen LogP contribution in [0.5, 0.6) is 0 Å². The molecule has 0 bridgehead atoms. The van der Waals surface area contributed by atoms with Gasteiger partial charge in [0, 0.05) is 22.7 Å². The molecular formula is C13H13N3OS2. The summed E-state index contributed by atoms with van der Waals surface area (Å²) in [7, 11) is 0. The first-order chi connectivity index (χ1) is 9.43. The van der Waals surface area contributed by atoms with Crippen LogP contribution in [0.1, 0.15) is 21.6 Å². The maximum Gasteiger partial charge on any atom is 0.213 e. The molecule has 0 radical (unpaired) electrons. The largest absolute Gasteiger partial charge is 0.343 e. The Morgan fingerprint density at radius 3 is 2.42 bits per heavy atom. The maximum atomic E-state index is 4.73. The van der Waals surface area contributed by atoms with Gasteiger partial charge in [-0.1, -0.05) is 17.3 Å². The lowest BCUT2D eigenvalue weighted by atomic mass is 10.2. The molecule has 0 aliphatic heterocycles. The van der Waals surface area contributed by atoms with E-state index < -0.39 is 0 Å². The van der Waals surface area contributed by atoms with E-state index in [2.05, 4.69) is 50.5 Å². The highest BCUT2D eigenvalue weighted by Crippen LogP contribution is 2.28. The van der Waals surface area contributed by atoms with Gasteiger partial charge in [0.1, 0.15) is 0 Å². The van der Waals surface area contributed by atoms with Crippen LogP contribution < -0.4 is 5.32 Å². The van der Waals surface area contributed by atoms with Crippen molar-refractivity contribution in [3.05, 3.63) is 57.0 Å². The minimum Gasteiger partial charge on any atom is -0.343 e. The Bertz CT molecular complexity index is 541. The van der Waals surface area contributed by atoms with E-state index in [0.29, 0.717) is 0 Å². The smallest absolute Gasteiger partial charge is 0.213 e. The van der Waals surface area contributed by atoms with Crippen molar-refractivity contribution in [3.63, 3.8) is 0 Å². The molecule has 19 heavy (non-hydrogen) atoms. The van der Waals surface area contributed by atoms with E-state index in [1.165, 1.54) is 16.1 Å². The molecule has 0 aromatic carbocycles. The van der Waals surface area contributed by atoms with Crippen LogP contribution in [0.2, 0.25) is 0 Å². The first-order valence-corrected chi connectivity index (χ1v) is 7.75. The first kappa shape index (κ1) is 12.5. The summed E-state index contributed by atoms with van der Waals surface area (Å²) in [6.07, 6.45) is 2.13. The number of aromatic nitrogens is 2. The van der Waals surface area contributed by atoms with Crippen LogP contribution in [0.15, 0.2) is 45.9 Å². The molecule has 0 aliphatic rings. The third-order valence-corrected chi connectivity index (χ3v) is 4.63. The molecule has 0 saturated heterocycles. The molecule has 0 aliphatic carbocycles. The molecule has 0 fully saturated rings. The highest BCUT2D eigenvalue weighted by Gasteiger charge is 2.15. The molecule has 6 heteroatoms. The summed E-state index contributed by atoms with van der Waals surface area (Å²) in [6, 6.07) is 8.75. The number of hydrogen-bond donors (Lipinski definition) is 1. The summed E-state index contributed by atoms with van der Waals surface area (Å²) in [5.74, 6) is 0.739. The third kappa shape index (κ3) is 3.09. The summed E-state index contributed by atoms with van der Waals surface area (Å²) in [5, 5.41) is 11.6. The van der Waals surface area contributed by atoms with Crippen molar-refractivity contribution in [2.45, 2.75) is 12.5 Å². The van der Waals surface area contributed by atoms with Gasteiger partial charge in [0.25, 0.3) is 0 Å². The zero-order chi connectivity index (χ0) is 12.9. The first-order valence-electron chi connectivity index (χ1n) is 5.99. The SMILES string of the molecule is c1csc(C(NCCc2ncon2)c2cccs2)c1. The number of nitrogens with zero attached hydrogens (tertiary/aromatic N) is 2. The van der Waals surface area contributed by atoms with Gasteiger partial charge in [-0.2, -0.15) is 4.98 Å². The molecule has 3 aromatic rings. The van der Waals surface area contributed by atoms with E-state index in [0.717, 1.165) is 18.8 Å². The zero-order valence-electron chi connectivity index (χ0n) is 10.2. The van der Waals surface area contributed by atoms with Crippen molar-refractivity contribution in [1.82, 2.24) is 15.5 Å². The Labute approximate surface area is 119 Å². The summed E-state index contributed by atoms with van der Waals surface area (Å²) < 4.78 is 4.73. The predicted molar refractivity (Wildman–Crippen MR) is 76.5 cm³/mol. The van der Waals surface area contributed by atoms with Gasteiger partial charge in [0.15, 0.2) is 5.82 Å². The van der Waals surface area contributed by atoms with E-state index in [1.807, 2.05) is 0 Å². The number of thiophene rings is 2. The van der Waals surface area contributed by atoms with Crippen molar-refractivity contribution in [2.24, 2.45) is 0 Å². The fourth-order valence-electron chi connectivity index (χ4n) is 1.88. The van der Waals surface area contributed by atoms with Crippen LogP contribution in [0.4, 0.5) is 0 Å². The van der Waals surface area contributed by atoms with E-state index in [1.54, 1.807) is 22.7 Å².